The van der Waals surface area contributed by atoms with E-state index < -0.39 is 0 Å². The first kappa shape index (κ1) is 14.7. The van der Waals surface area contributed by atoms with Gasteiger partial charge in [0.25, 0.3) is 0 Å². The summed E-state index contributed by atoms with van der Waals surface area (Å²) in [7, 11) is 0. The molecule has 0 unspecified atom stereocenters. The summed E-state index contributed by atoms with van der Waals surface area (Å²) >= 11 is 0. The van der Waals surface area contributed by atoms with E-state index in [1.165, 1.54) is 11.1 Å². The third kappa shape index (κ3) is 3.42. The summed E-state index contributed by atoms with van der Waals surface area (Å²) in [4.78, 5) is 0. The highest BCUT2D eigenvalue weighted by Gasteiger charge is 2.08. The molecule has 0 spiro atoms. The second-order valence-corrected chi connectivity index (χ2v) is 5.09. The Hall–Kier alpha value is -1.74. The molecule has 3 nitrogen and oxygen atoms in total. The molecule has 0 aliphatic rings. The molecule has 0 amide bonds. The van der Waals surface area contributed by atoms with Crippen molar-refractivity contribution in [3.05, 3.63) is 52.5 Å². The third-order valence-corrected chi connectivity index (χ3v) is 3.50. The SMILES string of the molecule is CCNCc1ccc(COc2c(C)ccc(C)c2C)o1. The molecule has 0 aliphatic heterocycles. The summed E-state index contributed by atoms with van der Waals surface area (Å²) in [6.45, 7) is 10.5. The Labute approximate surface area is 121 Å². The standard InChI is InChI=1S/C17H23NO2/c1-5-18-10-15-8-9-16(20-15)11-19-17-13(3)7-6-12(2)14(17)4/h6-9,18H,5,10-11H2,1-4H3. The molecule has 0 aliphatic carbocycles. The van der Waals surface area contributed by atoms with Crippen LogP contribution in [0, 0.1) is 20.8 Å². The van der Waals surface area contributed by atoms with Gasteiger partial charge in [0.2, 0.25) is 0 Å². The summed E-state index contributed by atoms with van der Waals surface area (Å²) in [5.41, 5.74) is 3.61. The number of furan rings is 1. The van der Waals surface area contributed by atoms with Crippen molar-refractivity contribution in [2.75, 3.05) is 6.54 Å². The first-order valence-electron chi connectivity index (χ1n) is 7.09. The Morgan fingerprint density at radius 3 is 2.45 bits per heavy atom. The molecule has 2 rings (SSSR count). The van der Waals surface area contributed by atoms with Crippen molar-refractivity contribution in [2.45, 2.75) is 40.8 Å². The lowest BCUT2D eigenvalue weighted by Crippen LogP contribution is -2.10. The predicted molar refractivity (Wildman–Crippen MR) is 81.1 cm³/mol. The lowest BCUT2D eigenvalue weighted by molar-refractivity contribution is 0.262. The van der Waals surface area contributed by atoms with Gasteiger partial charge in [0.15, 0.2) is 0 Å². The molecule has 0 fully saturated rings. The summed E-state index contributed by atoms with van der Waals surface area (Å²) in [5.74, 6) is 2.77. The van der Waals surface area contributed by atoms with Crippen LogP contribution in [0.1, 0.15) is 35.1 Å². The summed E-state index contributed by atoms with van der Waals surface area (Å²) in [6.07, 6.45) is 0. The van der Waals surface area contributed by atoms with E-state index >= 15 is 0 Å². The molecule has 0 saturated carbocycles. The Kier molecular flexibility index (Phi) is 4.85. The second-order valence-electron chi connectivity index (χ2n) is 5.09. The Morgan fingerprint density at radius 2 is 1.70 bits per heavy atom. The van der Waals surface area contributed by atoms with E-state index in [1.54, 1.807) is 0 Å². The first-order valence-corrected chi connectivity index (χ1v) is 7.09. The summed E-state index contributed by atoms with van der Waals surface area (Å²) < 4.78 is 11.7. The van der Waals surface area contributed by atoms with Crippen LogP contribution in [0.2, 0.25) is 0 Å². The second kappa shape index (κ2) is 6.62. The van der Waals surface area contributed by atoms with Crippen molar-refractivity contribution in [2.24, 2.45) is 0 Å². The fourth-order valence-electron chi connectivity index (χ4n) is 2.13. The third-order valence-electron chi connectivity index (χ3n) is 3.50. The highest BCUT2D eigenvalue weighted by atomic mass is 16.5. The maximum absolute atomic E-state index is 5.94. The van der Waals surface area contributed by atoms with E-state index in [-0.39, 0.29) is 0 Å². The fraction of sp³-hybridized carbons (Fsp3) is 0.412. The molecule has 1 heterocycles. The fourth-order valence-corrected chi connectivity index (χ4v) is 2.13. The van der Waals surface area contributed by atoms with Crippen LogP contribution >= 0.6 is 0 Å². The molecule has 0 radical (unpaired) electrons. The van der Waals surface area contributed by atoms with Gasteiger partial charge in [-0.2, -0.15) is 0 Å². The summed E-state index contributed by atoms with van der Waals surface area (Å²) in [6, 6.07) is 8.19. The molecule has 1 N–H and O–H groups in total. The van der Waals surface area contributed by atoms with E-state index in [1.807, 2.05) is 12.1 Å². The predicted octanol–water partition coefficient (Wildman–Crippen LogP) is 3.89. The van der Waals surface area contributed by atoms with Crippen LogP contribution in [0.15, 0.2) is 28.7 Å². The van der Waals surface area contributed by atoms with E-state index in [9.17, 15) is 0 Å². The average Bonchev–Trinajstić information content (AvgIpc) is 2.89. The van der Waals surface area contributed by atoms with E-state index in [0.717, 1.165) is 35.9 Å². The molecule has 20 heavy (non-hydrogen) atoms. The van der Waals surface area contributed by atoms with Crippen LogP contribution in [0.5, 0.6) is 5.75 Å². The van der Waals surface area contributed by atoms with E-state index in [4.69, 9.17) is 9.15 Å². The van der Waals surface area contributed by atoms with Gasteiger partial charge in [-0.3, -0.25) is 0 Å². The number of nitrogens with one attached hydrogen (secondary N) is 1. The molecule has 0 saturated heterocycles. The average molecular weight is 273 g/mol. The smallest absolute Gasteiger partial charge is 0.146 e. The highest BCUT2D eigenvalue weighted by molar-refractivity contribution is 5.44. The number of aryl methyl sites for hydroxylation is 2. The molecule has 108 valence electrons. The minimum absolute atomic E-state index is 0.470. The molecule has 1 aromatic carbocycles. The van der Waals surface area contributed by atoms with E-state index in [0.29, 0.717) is 6.61 Å². The number of ether oxygens (including phenoxy) is 1. The van der Waals surface area contributed by atoms with Gasteiger partial charge in [-0.15, -0.1) is 0 Å². The van der Waals surface area contributed by atoms with Crippen LogP contribution in [0.3, 0.4) is 0 Å². The molecule has 0 bridgehead atoms. The largest absolute Gasteiger partial charge is 0.485 e. The van der Waals surface area contributed by atoms with Crippen LogP contribution in [0.25, 0.3) is 0 Å². The lowest BCUT2D eigenvalue weighted by atomic mass is 10.1. The molecule has 2 aromatic rings. The Bertz CT molecular complexity index is 572. The Morgan fingerprint density at radius 1 is 1.00 bits per heavy atom. The zero-order valence-electron chi connectivity index (χ0n) is 12.7. The van der Waals surface area contributed by atoms with Crippen molar-refractivity contribution >= 4 is 0 Å². The zero-order chi connectivity index (χ0) is 14.5. The minimum Gasteiger partial charge on any atom is -0.485 e. The lowest BCUT2D eigenvalue weighted by Gasteiger charge is -2.13. The van der Waals surface area contributed by atoms with Gasteiger partial charge < -0.3 is 14.5 Å². The Balaban J connectivity index is 2.02. The normalized spacial score (nSPS) is 10.8. The number of hydrogen-bond donors (Lipinski definition) is 1. The van der Waals surface area contributed by atoms with Gasteiger partial charge >= 0.3 is 0 Å². The van der Waals surface area contributed by atoms with Gasteiger partial charge in [-0.1, -0.05) is 19.1 Å². The zero-order valence-corrected chi connectivity index (χ0v) is 12.7. The van der Waals surface area contributed by atoms with Gasteiger partial charge in [-0.05, 0) is 56.1 Å². The molecule has 3 heteroatoms. The van der Waals surface area contributed by atoms with E-state index in [2.05, 4.69) is 45.1 Å². The number of hydrogen-bond acceptors (Lipinski definition) is 3. The van der Waals surface area contributed by atoms with Crippen LogP contribution in [0.4, 0.5) is 0 Å². The van der Waals surface area contributed by atoms with Crippen molar-refractivity contribution in [1.82, 2.24) is 5.32 Å². The van der Waals surface area contributed by atoms with Crippen LogP contribution in [-0.2, 0) is 13.2 Å². The van der Waals surface area contributed by atoms with Crippen molar-refractivity contribution in [3.63, 3.8) is 0 Å². The minimum atomic E-state index is 0.470. The maximum Gasteiger partial charge on any atom is 0.146 e. The topological polar surface area (TPSA) is 34.4 Å². The monoisotopic (exact) mass is 273 g/mol. The van der Waals surface area contributed by atoms with Crippen molar-refractivity contribution < 1.29 is 9.15 Å². The molecular formula is C17H23NO2. The van der Waals surface area contributed by atoms with Crippen molar-refractivity contribution in [1.29, 1.82) is 0 Å². The van der Waals surface area contributed by atoms with Crippen molar-refractivity contribution in [3.8, 4) is 5.75 Å². The quantitative estimate of drug-likeness (QED) is 0.867. The summed E-state index contributed by atoms with van der Waals surface area (Å²) in [5, 5.41) is 3.24. The maximum atomic E-state index is 5.94. The van der Waals surface area contributed by atoms with Gasteiger partial charge in [0, 0.05) is 0 Å². The number of rotatable bonds is 6. The molecule has 1 aromatic heterocycles. The number of benzene rings is 1. The van der Waals surface area contributed by atoms with Gasteiger partial charge in [0.05, 0.1) is 6.54 Å². The van der Waals surface area contributed by atoms with Crippen LogP contribution in [-0.4, -0.2) is 6.54 Å². The van der Waals surface area contributed by atoms with Crippen LogP contribution < -0.4 is 10.1 Å². The molecule has 0 atom stereocenters. The first-order chi connectivity index (χ1) is 9.61. The highest BCUT2D eigenvalue weighted by Crippen LogP contribution is 2.26. The van der Waals surface area contributed by atoms with Gasteiger partial charge in [0.1, 0.15) is 23.9 Å². The molecular weight excluding hydrogens is 250 g/mol. The van der Waals surface area contributed by atoms with Gasteiger partial charge in [-0.25, -0.2) is 0 Å².